The van der Waals surface area contributed by atoms with Crippen LogP contribution in [0.3, 0.4) is 0 Å². The zero-order chi connectivity index (χ0) is 13.1. The molecule has 0 N–H and O–H groups in total. The molecule has 2 rings (SSSR count). The summed E-state index contributed by atoms with van der Waals surface area (Å²) in [5.74, 6) is 1.28. The molecule has 4 nitrogen and oxygen atoms in total. The molecule has 0 unspecified atom stereocenters. The first-order valence-corrected chi connectivity index (χ1v) is 6.77. The molecule has 18 heavy (non-hydrogen) atoms. The van der Waals surface area contributed by atoms with Gasteiger partial charge in [-0.05, 0) is 46.1 Å². The normalized spacial score (nSPS) is 21.4. The SMILES string of the molecule is Cc1cc(C(=O)C[C@@H]2CCCN(C(C)C)C2)no1. The second-order valence-corrected chi connectivity index (χ2v) is 5.55. The van der Waals surface area contributed by atoms with Crippen LogP contribution in [0.25, 0.3) is 0 Å². The van der Waals surface area contributed by atoms with Crippen LogP contribution in [0.2, 0.25) is 0 Å². The van der Waals surface area contributed by atoms with E-state index in [2.05, 4.69) is 23.9 Å². The lowest BCUT2D eigenvalue weighted by atomic mass is 9.91. The highest BCUT2D eigenvalue weighted by atomic mass is 16.5. The second-order valence-electron chi connectivity index (χ2n) is 5.55. The first kappa shape index (κ1) is 13.3. The lowest BCUT2D eigenvalue weighted by molar-refractivity contribution is 0.0881. The highest BCUT2D eigenvalue weighted by Gasteiger charge is 2.24. The molecule has 1 aliphatic rings. The molecule has 0 spiro atoms. The summed E-state index contributed by atoms with van der Waals surface area (Å²) in [7, 11) is 0. The fourth-order valence-electron chi connectivity index (χ4n) is 2.60. The lowest BCUT2D eigenvalue weighted by Crippen LogP contribution is -2.40. The third-order valence-corrected chi connectivity index (χ3v) is 3.67. The minimum Gasteiger partial charge on any atom is -0.361 e. The zero-order valence-corrected chi connectivity index (χ0v) is 11.5. The highest BCUT2D eigenvalue weighted by Crippen LogP contribution is 2.22. The van der Waals surface area contributed by atoms with E-state index in [9.17, 15) is 4.79 Å². The van der Waals surface area contributed by atoms with Gasteiger partial charge < -0.3 is 9.42 Å². The molecule has 1 aromatic heterocycles. The van der Waals surface area contributed by atoms with Gasteiger partial charge in [-0.25, -0.2) is 0 Å². The summed E-state index contributed by atoms with van der Waals surface area (Å²) in [5, 5.41) is 3.80. The topological polar surface area (TPSA) is 46.3 Å². The molecule has 0 aliphatic carbocycles. The average molecular weight is 250 g/mol. The Morgan fingerprint density at radius 1 is 1.61 bits per heavy atom. The molecule has 2 heterocycles. The summed E-state index contributed by atoms with van der Waals surface area (Å²) in [5.41, 5.74) is 0.481. The second kappa shape index (κ2) is 5.65. The molecule has 100 valence electrons. The smallest absolute Gasteiger partial charge is 0.185 e. The summed E-state index contributed by atoms with van der Waals surface area (Å²) >= 11 is 0. The van der Waals surface area contributed by atoms with Crippen molar-refractivity contribution >= 4 is 5.78 Å². The summed E-state index contributed by atoms with van der Waals surface area (Å²) in [6.45, 7) is 8.42. The Kier molecular flexibility index (Phi) is 4.17. The number of carbonyl (C=O) groups is 1. The Labute approximate surface area is 108 Å². The highest BCUT2D eigenvalue weighted by molar-refractivity contribution is 5.94. The maximum Gasteiger partial charge on any atom is 0.185 e. The first-order valence-electron chi connectivity index (χ1n) is 6.77. The van der Waals surface area contributed by atoms with Gasteiger partial charge in [0.15, 0.2) is 5.78 Å². The van der Waals surface area contributed by atoms with E-state index in [1.165, 1.54) is 6.42 Å². The molecule has 1 aliphatic heterocycles. The maximum absolute atomic E-state index is 12.1. The Bertz CT molecular complexity index is 412. The van der Waals surface area contributed by atoms with Gasteiger partial charge in [-0.1, -0.05) is 5.16 Å². The van der Waals surface area contributed by atoms with E-state index in [4.69, 9.17) is 4.52 Å². The summed E-state index contributed by atoms with van der Waals surface area (Å²) in [4.78, 5) is 14.5. The van der Waals surface area contributed by atoms with Gasteiger partial charge in [0.25, 0.3) is 0 Å². The van der Waals surface area contributed by atoms with Crippen LogP contribution in [0.4, 0.5) is 0 Å². The van der Waals surface area contributed by atoms with E-state index in [1.54, 1.807) is 6.07 Å². The van der Waals surface area contributed by atoms with Crippen LogP contribution in [-0.4, -0.2) is 35.0 Å². The molecule has 1 atom stereocenters. The van der Waals surface area contributed by atoms with Gasteiger partial charge in [0.2, 0.25) is 0 Å². The fourth-order valence-corrected chi connectivity index (χ4v) is 2.60. The van der Waals surface area contributed by atoms with Crippen molar-refractivity contribution < 1.29 is 9.32 Å². The van der Waals surface area contributed by atoms with Crippen LogP contribution >= 0.6 is 0 Å². The largest absolute Gasteiger partial charge is 0.361 e. The van der Waals surface area contributed by atoms with Crippen molar-refractivity contribution in [2.24, 2.45) is 5.92 Å². The van der Waals surface area contributed by atoms with Crippen LogP contribution in [0.15, 0.2) is 10.6 Å². The monoisotopic (exact) mass is 250 g/mol. The van der Waals surface area contributed by atoms with E-state index in [0.717, 1.165) is 19.5 Å². The van der Waals surface area contributed by atoms with Crippen molar-refractivity contribution in [2.75, 3.05) is 13.1 Å². The minimum atomic E-state index is 0.113. The maximum atomic E-state index is 12.1. The van der Waals surface area contributed by atoms with Crippen molar-refractivity contribution in [3.8, 4) is 0 Å². The third kappa shape index (κ3) is 3.19. The number of likely N-dealkylation sites (tertiary alicyclic amines) is 1. The lowest BCUT2D eigenvalue weighted by Gasteiger charge is -2.35. The Balaban J connectivity index is 1.91. The summed E-state index contributed by atoms with van der Waals surface area (Å²) in [6.07, 6.45) is 2.93. The predicted octanol–water partition coefficient (Wildman–Crippen LogP) is 2.68. The zero-order valence-electron chi connectivity index (χ0n) is 11.5. The first-order chi connectivity index (χ1) is 8.56. The quantitative estimate of drug-likeness (QED) is 0.771. The molecular weight excluding hydrogens is 228 g/mol. The standard InChI is InChI=1S/C14H22N2O2/c1-10(2)16-6-4-5-12(9-16)8-14(17)13-7-11(3)18-15-13/h7,10,12H,4-6,8-9H2,1-3H3/t12-/m0/s1. The number of piperidine rings is 1. The van der Waals surface area contributed by atoms with Gasteiger partial charge in [-0.3, -0.25) is 4.79 Å². The molecule has 0 radical (unpaired) electrons. The van der Waals surface area contributed by atoms with Crippen LogP contribution in [-0.2, 0) is 0 Å². The molecule has 0 saturated carbocycles. The van der Waals surface area contributed by atoms with Gasteiger partial charge in [0.05, 0.1) is 0 Å². The Hall–Kier alpha value is -1.16. The Morgan fingerprint density at radius 2 is 2.39 bits per heavy atom. The molecule has 1 aromatic rings. The molecule has 1 saturated heterocycles. The average Bonchev–Trinajstić information content (AvgIpc) is 2.76. The summed E-state index contributed by atoms with van der Waals surface area (Å²) in [6, 6.07) is 2.29. The van der Waals surface area contributed by atoms with Crippen LogP contribution < -0.4 is 0 Å². The van der Waals surface area contributed by atoms with E-state index < -0.39 is 0 Å². The number of aromatic nitrogens is 1. The van der Waals surface area contributed by atoms with Crippen LogP contribution in [0.5, 0.6) is 0 Å². The van der Waals surface area contributed by atoms with E-state index in [-0.39, 0.29) is 5.78 Å². The molecule has 4 heteroatoms. The number of hydrogen-bond acceptors (Lipinski definition) is 4. The van der Waals surface area contributed by atoms with Gasteiger partial charge in [-0.15, -0.1) is 0 Å². The van der Waals surface area contributed by atoms with Gasteiger partial charge >= 0.3 is 0 Å². The fraction of sp³-hybridized carbons (Fsp3) is 0.714. The van der Waals surface area contributed by atoms with Gasteiger partial charge in [-0.2, -0.15) is 0 Å². The van der Waals surface area contributed by atoms with Gasteiger partial charge in [0, 0.05) is 25.1 Å². The predicted molar refractivity (Wildman–Crippen MR) is 69.6 cm³/mol. The molecule has 1 fully saturated rings. The van der Waals surface area contributed by atoms with Crippen molar-refractivity contribution in [3.05, 3.63) is 17.5 Å². The Morgan fingerprint density at radius 3 is 3.00 bits per heavy atom. The number of nitrogens with zero attached hydrogens (tertiary/aromatic N) is 2. The van der Waals surface area contributed by atoms with Crippen molar-refractivity contribution in [1.29, 1.82) is 0 Å². The molecule has 0 amide bonds. The molecule has 0 bridgehead atoms. The van der Waals surface area contributed by atoms with Crippen molar-refractivity contribution in [2.45, 2.75) is 46.1 Å². The number of ketones is 1. The minimum absolute atomic E-state index is 0.113. The molecular formula is C14H22N2O2. The number of aryl methyl sites for hydroxylation is 1. The van der Waals surface area contributed by atoms with Crippen LogP contribution in [0, 0.1) is 12.8 Å². The van der Waals surface area contributed by atoms with Crippen molar-refractivity contribution in [1.82, 2.24) is 10.1 Å². The number of rotatable bonds is 4. The third-order valence-electron chi connectivity index (χ3n) is 3.67. The van der Waals surface area contributed by atoms with Crippen LogP contribution in [0.1, 0.15) is 49.4 Å². The van der Waals surface area contributed by atoms with E-state index in [0.29, 0.717) is 29.8 Å². The number of hydrogen-bond donors (Lipinski definition) is 0. The van der Waals surface area contributed by atoms with Gasteiger partial charge in [0.1, 0.15) is 11.5 Å². The number of carbonyl (C=O) groups excluding carboxylic acids is 1. The summed E-state index contributed by atoms with van der Waals surface area (Å²) < 4.78 is 4.95. The van der Waals surface area contributed by atoms with Crippen molar-refractivity contribution in [3.63, 3.8) is 0 Å². The molecule has 0 aromatic carbocycles. The van der Waals surface area contributed by atoms with E-state index >= 15 is 0 Å². The number of Topliss-reactive ketones (excluding diaryl/α,β-unsaturated/α-hetero) is 1. The van der Waals surface area contributed by atoms with E-state index in [1.807, 2.05) is 6.92 Å².